The lowest BCUT2D eigenvalue weighted by atomic mass is 10.2. The lowest BCUT2D eigenvalue weighted by Crippen LogP contribution is -2.39. The van der Waals surface area contributed by atoms with E-state index >= 15 is 0 Å². The Morgan fingerprint density at radius 3 is 2.86 bits per heavy atom. The third kappa shape index (κ3) is 4.66. The largest absolute Gasteiger partial charge is 0.444 e. The minimum Gasteiger partial charge on any atom is -0.444 e. The van der Waals surface area contributed by atoms with Crippen molar-refractivity contribution in [2.24, 2.45) is 0 Å². The molecular weight excluding hydrogens is 290 g/mol. The van der Waals surface area contributed by atoms with E-state index in [0.717, 1.165) is 10.7 Å². The Kier molecular flexibility index (Phi) is 4.85. The lowest BCUT2D eigenvalue weighted by molar-refractivity contribution is 0.0270. The molecule has 1 aliphatic rings. The van der Waals surface area contributed by atoms with Crippen molar-refractivity contribution in [1.82, 2.24) is 15.2 Å². The van der Waals surface area contributed by atoms with Crippen LogP contribution in [0.5, 0.6) is 0 Å². The summed E-state index contributed by atoms with van der Waals surface area (Å²) in [5.41, 5.74) is 0.477. The molecular formula is C14H23N3O3S. The number of aliphatic hydroxyl groups excluding tert-OH is 1. The molecule has 2 heterocycles. The van der Waals surface area contributed by atoms with E-state index in [-0.39, 0.29) is 12.1 Å². The summed E-state index contributed by atoms with van der Waals surface area (Å²) in [4.78, 5) is 17.9. The Balaban J connectivity index is 1.84. The van der Waals surface area contributed by atoms with Gasteiger partial charge in [-0.05, 0) is 27.7 Å². The Hall–Kier alpha value is -1.18. The van der Waals surface area contributed by atoms with Gasteiger partial charge < -0.3 is 20.1 Å². The van der Waals surface area contributed by atoms with Gasteiger partial charge in [0.1, 0.15) is 10.6 Å². The number of aromatic nitrogens is 1. The van der Waals surface area contributed by atoms with Crippen LogP contribution < -0.4 is 5.32 Å². The highest BCUT2D eigenvalue weighted by molar-refractivity contribution is 7.09. The van der Waals surface area contributed by atoms with Gasteiger partial charge in [0.05, 0.1) is 18.7 Å². The van der Waals surface area contributed by atoms with Gasteiger partial charge in [-0.25, -0.2) is 9.78 Å². The van der Waals surface area contributed by atoms with Crippen LogP contribution in [0, 0.1) is 6.92 Å². The first-order valence-corrected chi connectivity index (χ1v) is 7.93. The smallest absolute Gasteiger partial charge is 0.410 e. The molecule has 21 heavy (non-hydrogen) atoms. The highest BCUT2D eigenvalue weighted by atomic mass is 32.1. The number of carbonyl (C=O) groups is 1. The standard InChI is InChI=1S/C14H23N3O3S/c1-9-8-21-12(16-9)5-15-10-6-17(7-11(10)18)13(19)20-14(2,3)4/h8,10-11,15,18H,5-7H2,1-4H3/t10-,11-/m0/s1. The highest BCUT2D eigenvalue weighted by Crippen LogP contribution is 2.17. The predicted octanol–water partition coefficient (Wildman–Crippen LogP) is 1.52. The fourth-order valence-electron chi connectivity index (χ4n) is 2.17. The van der Waals surface area contributed by atoms with Crippen LogP contribution in [0.25, 0.3) is 0 Å². The van der Waals surface area contributed by atoms with Crippen LogP contribution in [-0.2, 0) is 11.3 Å². The van der Waals surface area contributed by atoms with E-state index < -0.39 is 11.7 Å². The first-order valence-electron chi connectivity index (χ1n) is 7.05. The van der Waals surface area contributed by atoms with Crippen molar-refractivity contribution >= 4 is 17.4 Å². The number of rotatable bonds is 3. The number of carbonyl (C=O) groups excluding carboxylic acids is 1. The predicted molar refractivity (Wildman–Crippen MR) is 81.3 cm³/mol. The van der Waals surface area contributed by atoms with E-state index in [1.54, 1.807) is 16.2 Å². The molecule has 1 saturated heterocycles. The van der Waals surface area contributed by atoms with Crippen molar-refractivity contribution in [3.05, 3.63) is 16.1 Å². The van der Waals surface area contributed by atoms with Crippen molar-refractivity contribution in [3.63, 3.8) is 0 Å². The molecule has 6 nitrogen and oxygen atoms in total. The van der Waals surface area contributed by atoms with Crippen molar-refractivity contribution in [2.75, 3.05) is 13.1 Å². The van der Waals surface area contributed by atoms with Crippen LogP contribution in [0.15, 0.2) is 5.38 Å². The number of nitrogens with one attached hydrogen (secondary N) is 1. The van der Waals surface area contributed by atoms with E-state index in [9.17, 15) is 9.90 Å². The summed E-state index contributed by atoms with van der Waals surface area (Å²) >= 11 is 1.59. The minimum atomic E-state index is -0.585. The molecule has 118 valence electrons. The first-order chi connectivity index (χ1) is 9.74. The summed E-state index contributed by atoms with van der Waals surface area (Å²) in [6, 6.07) is -0.151. The summed E-state index contributed by atoms with van der Waals surface area (Å²) in [5, 5.41) is 16.3. The second kappa shape index (κ2) is 6.29. The average molecular weight is 313 g/mol. The monoisotopic (exact) mass is 313 g/mol. The van der Waals surface area contributed by atoms with Gasteiger partial charge in [-0.3, -0.25) is 0 Å². The number of thiazole rings is 1. The van der Waals surface area contributed by atoms with Gasteiger partial charge in [-0.15, -0.1) is 11.3 Å². The second-order valence-corrected chi connectivity index (χ2v) is 7.27. The number of ether oxygens (including phenoxy) is 1. The molecule has 1 fully saturated rings. The zero-order valence-electron chi connectivity index (χ0n) is 12.9. The van der Waals surface area contributed by atoms with Crippen molar-refractivity contribution in [3.8, 4) is 0 Å². The minimum absolute atomic E-state index is 0.151. The molecule has 1 aliphatic heterocycles. The first kappa shape index (κ1) is 16.2. The fourth-order valence-corrected chi connectivity index (χ4v) is 2.89. The molecule has 0 aromatic carbocycles. The zero-order chi connectivity index (χ0) is 15.6. The second-order valence-electron chi connectivity index (χ2n) is 6.32. The van der Waals surface area contributed by atoms with Crippen molar-refractivity contribution < 1.29 is 14.6 Å². The van der Waals surface area contributed by atoms with Gasteiger partial charge >= 0.3 is 6.09 Å². The maximum absolute atomic E-state index is 12.0. The average Bonchev–Trinajstić information content (AvgIpc) is 2.91. The lowest BCUT2D eigenvalue weighted by Gasteiger charge is -2.24. The van der Waals surface area contributed by atoms with Crippen LogP contribution >= 0.6 is 11.3 Å². The van der Waals surface area contributed by atoms with E-state index in [1.165, 1.54) is 0 Å². The molecule has 2 N–H and O–H groups in total. The zero-order valence-corrected chi connectivity index (χ0v) is 13.7. The van der Waals surface area contributed by atoms with E-state index in [2.05, 4.69) is 10.3 Å². The molecule has 2 atom stereocenters. The van der Waals surface area contributed by atoms with Crippen LogP contribution in [-0.4, -0.2) is 51.9 Å². The molecule has 7 heteroatoms. The number of aliphatic hydroxyl groups is 1. The molecule has 0 radical (unpaired) electrons. The fraction of sp³-hybridized carbons (Fsp3) is 0.714. The van der Waals surface area contributed by atoms with Crippen molar-refractivity contribution in [1.29, 1.82) is 0 Å². The maximum atomic E-state index is 12.0. The Labute approximate surface area is 129 Å². The van der Waals surface area contributed by atoms with Gasteiger partial charge in [0, 0.05) is 24.2 Å². The molecule has 2 rings (SSSR count). The van der Waals surface area contributed by atoms with E-state index in [4.69, 9.17) is 4.74 Å². The van der Waals surface area contributed by atoms with Crippen LogP contribution in [0.2, 0.25) is 0 Å². The molecule has 0 aliphatic carbocycles. The molecule has 0 unspecified atom stereocenters. The van der Waals surface area contributed by atoms with Crippen molar-refractivity contribution in [2.45, 2.75) is 52.0 Å². The number of β-amino-alcohol motifs (C(OH)–C–C–N with tert-alkyl or cyclic N) is 1. The van der Waals surface area contributed by atoms with Crippen LogP contribution in [0.4, 0.5) is 4.79 Å². The van der Waals surface area contributed by atoms with Gasteiger partial charge in [0.25, 0.3) is 0 Å². The van der Waals surface area contributed by atoms with E-state index in [1.807, 2.05) is 33.1 Å². The topological polar surface area (TPSA) is 74.7 Å². The summed E-state index contributed by atoms with van der Waals surface area (Å²) in [6.45, 7) is 8.79. The SMILES string of the molecule is Cc1csc(CN[C@H]2CN(C(=O)OC(C)(C)C)C[C@@H]2O)n1. The molecule has 0 spiro atoms. The Morgan fingerprint density at radius 2 is 2.29 bits per heavy atom. The van der Waals surface area contributed by atoms with Crippen LogP contribution in [0.3, 0.4) is 0 Å². The normalized spacial score (nSPS) is 22.6. The number of hydrogen-bond acceptors (Lipinski definition) is 6. The number of nitrogens with zero attached hydrogens (tertiary/aromatic N) is 2. The molecule has 1 aromatic rings. The Bertz CT molecular complexity index is 498. The highest BCUT2D eigenvalue weighted by Gasteiger charge is 2.35. The Morgan fingerprint density at radius 1 is 1.57 bits per heavy atom. The van der Waals surface area contributed by atoms with Crippen LogP contribution in [0.1, 0.15) is 31.5 Å². The number of hydrogen-bond donors (Lipinski definition) is 2. The molecule has 1 amide bonds. The number of aryl methyl sites for hydroxylation is 1. The van der Waals surface area contributed by atoms with Gasteiger partial charge in [0.2, 0.25) is 0 Å². The molecule has 0 saturated carbocycles. The molecule has 1 aromatic heterocycles. The van der Waals surface area contributed by atoms with E-state index in [0.29, 0.717) is 19.6 Å². The number of amides is 1. The molecule has 0 bridgehead atoms. The maximum Gasteiger partial charge on any atom is 0.410 e. The third-order valence-corrected chi connectivity index (χ3v) is 4.09. The van der Waals surface area contributed by atoms with Gasteiger partial charge in [-0.1, -0.05) is 0 Å². The number of likely N-dealkylation sites (tertiary alicyclic amines) is 1. The summed E-state index contributed by atoms with van der Waals surface area (Å²) in [5.74, 6) is 0. The summed E-state index contributed by atoms with van der Waals surface area (Å²) in [7, 11) is 0. The quantitative estimate of drug-likeness (QED) is 0.885. The van der Waals surface area contributed by atoms with Gasteiger partial charge in [-0.2, -0.15) is 0 Å². The van der Waals surface area contributed by atoms with Gasteiger partial charge in [0.15, 0.2) is 0 Å². The third-order valence-electron chi connectivity index (χ3n) is 3.12. The summed E-state index contributed by atoms with van der Waals surface area (Å²) < 4.78 is 5.32. The summed E-state index contributed by atoms with van der Waals surface area (Å²) in [6.07, 6.45) is -0.963.